The Morgan fingerprint density at radius 1 is 1.30 bits per heavy atom. The second kappa shape index (κ2) is 11.0. The Labute approximate surface area is 170 Å². The van der Waals surface area contributed by atoms with Crippen LogP contribution in [0.2, 0.25) is 5.02 Å². The minimum atomic E-state index is -0.182. The summed E-state index contributed by atoms with van der Waals surface area (Å²) in [4.78, 5) is 13.3. The van der Waals surface area contributed by atoms with E-state index in [4.69, 9.17) is 16.3 Å². The van der Waals surface area contributed by atoms with Gasteiger partial charge in [-0.15, -0.1) is 11.8 Å². The van der Waals surface area contributed by atoms with Gasteiger partial charge in [0.15, 0.2) is 0 Å². The van der Waals surface area contributed by atoms with Crippen LogP contribution in [0.5, 0.6) is 5.75 Å². The number of benzene rings is 2. The molecular formula is C21H25ClN2O2S. The molecule has 6 heteroatoms. The van der Waals surface area contributed by atoms with E-state index in [1.54, 1.807) is 18.0 Å². The Morgan fingerprint density at radius 2 is 2.11 bits per heavy atom. The maximum absolute atomic E-state index is 12.2. The first kappa shape index (κ1) is 21.3. The van der Waals surface area contributed by atoms with Crippen molar-refractivity contribution in [1.82, 2.24) is 5.43 Å². The van der Waals surface area contributed by atoms with Gasteiger partial charge in [-0.2, -0.15) is 5.10 Å². The fraction of sp³-hybridized carbons (Fsp3) is 0.333. The van der Waals surface area contributed by atoms with Gasteiger partial charge >= 0.3 is 0 Å². The van der Waals surface area contributed by atoms with Gasteiger partial charge in [0.2, 0.25) is 5.91 Å². The van der Waals surface area contributed by atoms with Crippen LogP contribution >= 0.6 is 23.4 Å². The number of carbonyl (C=O) groups is 1. The number of thioether (sulfide) groups is 1. The van der Waals surface area contributed by atoms with Crippen molar-refractivity contribution in [2.75, 3.05) is 12.4 Å². The Bertz CT molecular complexity index is 794. The zero-order valence-corrected chi connectivity index (χ0v) is 17.4. The van der Waals surface area contributed by atoms with Gasteiger partial charge in [-0.3, -0.25) is 4.79 Å². The third kappa shape index (κ3) is 7.65. The molecule has 0 spiro atoms. The van der Waals surface area contributed by atoms with Gasteiger partial charge in [-0.1, -0.05) is 44.5 Å². The summed E-state index contributed by atoms with van der Waals surface area (Å²) >= 11 is 7.75. The van der Waals surface area contributed by atoms with Gasteiger partial charge in [-0.05, 0) is 53.1 Å². The lowest BCUT2D eigenvalue weighted by Gasteiger charge is -2.09. The lowest BCUT2D eigenvalue weighted by molar-refractivity contribution is -0.120. The van der Waals surface area contributed by atoms with Crippen LogP contribution in [-0.4, -0.2) is 24.5 Å². The van der Waals surface area contributed by atoms with Crippen LogP contribution in [0.25, 0.3) is 0 Å². The minimum Gasteiger partial charge on any atom is -0.493 e. The number of nitrogens with zero attached hydrogens (tertiary/aromatic N) is 1. The van der Waals surface area contributed by atoms with Crippen LogP contribution in [0.1, 0.15) is 31.9 Å². The molecule has 2 aromatic carbocycles. The molecule has 1 amide bonds. The molecule has 144 valence electrons. The molecule has 0 aliphatic carbocycles. The standard InChI is InChI=1S/C21H25ClN2O2S/c1-4-27-20-9-8-18(22)11-17(20)12-21(25)24-23-13-16-6-5-7-19(10-16)26-14-15(2)3/h5-11,13,15H,4,12,14H2,1-3H3,(H,24,25)/b23-13-. The molecule has 0 radical (unpaired) electrons. The van der Waals surface area contributed by atoms with Crippen LogP contribution < -0.4 is 10.2 Å². The molecule has 1 N–H and O–H groups in total. The van der Waals surface area contributed by atoms with E-state index in [1.165, 1.54) is 0 Å². The highest BCUT2D eigenvalue weighted by molar-refractivity contribution is 7.99. The molecule has 0 heterocycles. The molecule has 0 fully saturated rings. The van der Waals surface area contributed by atoms with E-state index in [2.05, 4.69) is 31.3 Å². The van der Waals surface area contributed by atoms with Crippen molar-refractivity contribution in [2.45, 2.75) is 32.1 Å². The van der Waals surface area contributed by atoms with E-state index in [-0.39, 0.29) is 12.3 Å². The van der Waals surface area contributed by atoms with Crippen LogP contribution in [0.15, 0.2) is 52.5 Å². The first-order valence-electron chi connectivity index (χ1n) is 8.94. The number of amides is 1. The quantitative estimate of drug-likeness (QED) is 0.356. The van der Waals surface area contributed by atoms with E-state index in [0.29, 0.717) is 17.5 Å². The monoisotopic (exact) mass is 404 g/mol. The maximum Gasteiger partial charge on any atom is 0.244 e. The van der Waals surface area contributed by atoms with E-state index >= 15 is 0 Å². The topological polar surface area (TPSA) is 50.7 Å². The minimum absolute atomic E-state index is 0.182. The number of hydrogen-bond donors (Lipinski definition) is 1. The normalized spacial score (nSPS) is 11.1. The Morgan fingerprint density at radius 3 is 2.85 bits per heavy atom. The average molecular weight is 405 g/mol. The molecule has 0 aliphatic rings. The van der Waals surface area contributed by atoms with Gasteiger partial charge in [0.25, 0.3) is 0 Å². The summed E-state index contributed by atoms with van der Waals surface area (Å²) in [7, 11) is 0. The second-order valence-corrected chi connectivity index (χ2v) is 8.17. The van der Waals surface area contributed by atoms with Crippen LogP contribution in [0, 0.1) is 5.92 Å². The molecule has 4 nitrogen and oxygen atoms in total. The third-order valence-corrected chi connectivity index (χ3v) is 4.75. The lowest BCUT2D eigenvalue weighted by atomic mass is 10.1. The summed E-state index contributed by atoms with van der Waals surface area (Å²) in [5, 5.41) is 4.68. The zero-order chi connectivity index (χ0) is 19.6. The number of hydrazone groups is 1. The predicted octanol–water partition coefficient (Wildman–Crippen LogP) is 5.18. The summed E-state index contributed by atoms with van der Waals surface area (Å²) in [6.45, 7) is 6.94. The van der Waals surface area contributed by atoms with Crippen LogP contribution in [-0.2, 0) is 11.2 Å². The molecule has 0 atom stereocenters. The van der Waals surface area contributed by atoms with Crippen molar-refractivity contribution in [1.29, 1.82) is 0 Å². The smallest absolute Gasteiger partial charge is 0.244 e. The van der Waals surface area contributed by atoms with E-state index in [0.717, 1.165) is 27.5 Å². The van der Waals surface area contributed by atoms with Crippen molar-refractivity contribution in [2.24, 2.45) is 11.0 Å². The first-order valence-corrected chi connectivity index (χ1v) is 10.3. The largest absolute Gasteiger partial charge is 0.493 e. The summed E-state index contributed by atoms with van der Waals surface area (Å²) in [5.41, 5.74) is 4.35. The summed E-state index contributed by atoms with van der Waals surface area (Å²) in [6.07, 6.45) is 1.84. The second-order valence-electron chi connectivity index (χ2n) is 6.43. The molecule has 2 rings (SSSR count). The molecule has 0 saturated carbocycles. The number of carbonyl (C=O) groups excluding carboxylic acids is 1. The van der Waals surface area contributed by atoms with Gasteiger partial charge in [0.1, 0.15) is 5.75 Å². The fourth-order valence-electron chi connectivity index (χ4n) is 2.32. The summed E-state index contributed by atoms with van der Waals surface area (Å²) in [5.74, 6) is 2.01. The van der Waals surface area contributed by atoms with Crippen molar-refractivity contribution >= 4 is 35.5 Å². The Hall–Kier alpha value is -1.98. The van der Waals surface area contributed by atoms with Crippen molar-refractivity contribution in [3.8, 4) is 5.75 Å². The molecule has 0 saturated heterocycles. The molecule has 2 aromatic rings. The molecular weight excluding hydrogens is 380 g/mol. The molecule has 27 heavy (non-hydrogen) atoms. The fourth-order valence-corrected chi connectivity index (χ4v) is 3.31. The highest BCUT2D eigenvalue weighted by atomic mass is 35.5. The SMILES string of the molecule is CCSc1ccc(Cl)cc1CC(=O)N/N=C\c1cccc(OCC(C)C)c1. The van der Waals surface area contributed by atoms with Gasteiger partial charge in [0.05, 0.1) is 19.2 Å². The van der Waals surface area contributed by atoms with E-state index < -0.39 is 0 Å². The Kier molecular flexibility index (Phi) is 8.69. The molecule has 0 bridgehead atoms. The summed E-state index contributed by atoms with van der Waals surface area (Å²) in [6, 6.07) is 13.2. The van der Waals surface area contributed by atoms with Crippen molar-refractivity contribution < 1.29 is 9.53 Å². The first-order chi connectivity index (χ1) is 13.0. The lowest BCUT2D eigenvalue weighted by Crippen LogP contribution is -2.20. The molecule has 0 aromatic heterocycles. The maximum atomic E-state index is 12.2. The number of nitrogens with one attached hydrogen (secondary N) is 1. The Balaban J connectivity index is 1.94. The number of halogens is 1. The average Bonchev–Trinajstić information content (AvgIpc) is 2.63. The molecule has 0 unspecified atom stereocenters. The predicted molar refractivity (Wildman–Crippen MR) is 114 cm³/mol. The number of hydrogen-bond acceptors (Lipinski definition) is 4. The van der Waals surface area contributed by atoms with Gasteiger partial charge in [0, 0.05) is 9.92 Å². The summed E-state index contributed by atoms with van der Waals surface area (Å²) < 4.78 is 5.70. The number of rotatable bonds is 9. The zero-order valence-electron chi connectivity index (χ0n) is 15.9. The highest BCUT2D eigenvalue weighted by Gasteiger charge is 2.08. The van der Waals surface area contributed by atoms with Crippen LogP contribution in [0.4, 0.5) is 0 Å². The third-order valence-electron chi connectivity index (χ3n) is 3.52. The highest BCUT2D eigenvalue weighted by Crippen LogP contribution is 2.26. The van der Waals surface area contributed by atoms with Crippen LogP contribution in [0.3, 0.4) is 0 Å². The van der Waals surface area contributed by atoms with Crippen molar-refractivity contribution in [3.63, 3.8) is 0 Å². The van der Waals surface area contributed by atoms with Gasteiger partial charge < -0.3 is 4.74 Å². The molecule has 0 aliphatic heterocycles. The van der Waals surface area contributed by atoms with E-state index in [1.807, 2.05) is 42.5 Å². The van der Waals surface area contributed by atoms with Gasteiger partial charge in [-0.25, -0.2) is 5.43 Å². The van der Waals surface area contributed by atoms with Crippen molar-refractivity contribution in [3.05, 3.63) is 58.6 Å². The van der Waals surface area contributed by atoms with E-state index in [9.17, 15) is 4.79 Å². The number of ether oxygens (including phenoxy) is 1.